The number of alkyl halides is 3. The smallest absolute Gasteiger partial charge is 0.333 e. The van der Waals surface area contributed by atoms with Crippen molar-refractivity contribution in [3.05, 3.63) is 82.7 Å². The Morgan fingerprint density at radius 1 is 1.02 bits per heavy atom. The van der Waals surface area contributed by atoms with Gasteiger partial charge in [0.1, 0.15) is 5.82 Å². The molecule has 0 bridgehead atoms. The molecule has 0 radical (unpaired) electrons. The Labute approximate surface area is 229 Å². The highest BCUT2D eigenvalue weighted by molar-refractivity contribution is 7.45. The van der Waals surface area contributed by atoms with Gasteiger partial charge < -0.3 is 29.5 Å². The molecule has 17 heteroatoms. The third-order valence-corrected chi connectivity index (χ3v) is 6.12. The molecule has 0 spiro atoms. The number of rotatable bonds is 7. The normalized spacial score (nSPS) is 15.0. The lowest BCUT2D eigenvalue weighted by atomic mass is 9.99. The molecule has 3 aromatic rings. The van der Waals surface area contributed by atoms with Gasteiger partial charge in [0.05, 0.1) is 6.54 Å². The highest BCUT2D eigenvalue weighted by Crippen LogP contribution is 2.30. The molecule has 41 heavy (non-hydrogen) atoms. The van der Waals surface area contributed by atoms with Gasteiger partial charge in [0, 0.05) is 37.7 Å². The van der Waals surface area contributed by atoms with Crippen molar-refractivity contribution in [2.75, 3.05) is 6.54 Å². The maximum absolute atomic E-state index is 14.4. The zero-order chi connectivity index (χ0) is 30.5. The molecule has 4 rings (SSSR count). The maximum atomic E-state index is 14.4. The summed E-state index contributed by atoms with van der Waals surface area (Å²) >= 11 is 0. The molecular formula is C24H26F6N5O5P. The van der Waals surface area contributed by atoms with Crippen molar-refractivity contribution >= 4 is 13.7 Å². The second kappa shape index (κ2) is 13.1. The molecule has 4 N–H and O–H groups in total. The van der Waals surface area contributed by atoms with E-state index in [2.05, 4.69) is 15.5 Å². The van der Waals surface area contributed by atoms with Crippen molar-refractivity contribution in [3.63, 3.8) is 0 Å². The zero-order valence-corrected chi connectivity index (χ0v) is 22.3. The summed E-state index contributed by atoms with van der Waals surface area (Å²) in [5.74, 6) is -4.97. The number of benzene rings is 2. The second-order valence-corrected chi connectivity index (χ2v) is 10.2. The number of nitrogens with zero attached hydrogens (tertiary/aromatic N) is 4. The molecule has 0 saturated carbocycles. The predicted octanol–water partition coefficient (Wildman–Crippen LogP) is 3.48. The van der Waals surface area contributed by atoms with Crippen LogP contribution in [0.15, 0.2) is 42.5 Å². The fourth-order valence-corrected chi connectivity index (χ4v) is 4.29. The van der Waals surface area contributed by atoms with Crippen LogP contribution in [0, 0.1) is 17.5 Å². The first kappa shape index (κ1) is 32.2. The number of fused-ring (bicyclic) bond motifs is 1. The number of halogens is 6. The molecule has 1 aromatic heterocycles. The van der Waals surface area contributed by atoms with E-state index in [1.807, 2.05) is 37.3 Å². The van der Waals surface area contributed by atoms with Gasteiger partial charge in [0.2, 0.25) is 11.7 Å². The standard InChI is InChI=1S/C24H23F6N5O.H3O4P/c1-14(15-5-3-2-4-6-15)31-17(9-16-10-19(26)20(27)12-18(16)25)11-22(36)34-7-8-35-21(13-34)32-33-23(35)24(28,29)30;1-5(2,3)4/h2-6,10,12,14,17,31H,7-9,11,13H2,1H3;(H3,1,2,3,4)/t14-,17-;/m1./s1. The van der Waals surface area contributed by atoms with E-state index in [1.54, 1.807) is 0 Å². The van der Waals surface area contributed by atoms with Crippen LogP contribution in [0.25, 0.3) is 0 Å². The lowest BCUT2D eigenvalue weighted by Crippen LogP contribution is -2.43. The minimum Gasteiger partial charge on any atom is -0.333 e. The predicted molar refractivity (Wildman–Crippen MR) is 131 cm³/mol. The largest absolute Gasteiger partial charge is 0.466 e. The first-order valence-electron chi connectivity index (χ1n) is 12.0. The summed E-state index contributed by atoms with van der Waals surface area (Å²) in [5, 5.41) is 10.0. The first-order valence-corrected chi connectivity index (χ1v) is 13.6. The number of aromatic nitrogens is 3. The summed E-state index contributed by atoms with van der Waals surface area (Å²) in [6, 6.07) is 9.51. The Hall–Kier alpha value is -3.30. The van der Waals surface area contributed by atoms with E-state index in [9.17, 15) is 31.1 Å². The molecule has 0 unspecified atom stereocenters. The molecule has 1 amide bonds. The molecule has 2 atom stereocenters. The average molecular weight is 609 g/mol. The van der Waals surface area contributed by atoms with Gasteiger partial charge in [-0.05, 0) is 30.5 Å². The van der Waals surface area contributed by atoms with E-state index in [-0.39, 0.29) is 49.9 Å². The van der Waals surface area contributed by atoms with Crippen LogP contribution in [-0.2, 0) is 35.0 Å². The minimum absolute atomic E-state index is 0.00739. The fourth-order valence-electron chi connectivity index (χ4n) is 4.29. The van der Waals surface area contributed by atoms with Crippen LogP contribution in [0.2, 0.25) is 0 Å². The summed E-state index contributed by atoms with van der Waals surface area (Å²) in [4.78, 5) is 36.0. The minimum atomic E-state index is -4.66. The quantitative estimate of drug-likeness (QED) is 0.181. The lowest BCUT2D eigenvalue weighted by Gasteiger charge is -2.30. The van der Waals surface area contributed by atoms with E-state index in [4.69, 9.17) is 19.2 Å². The number of nitrogens with one attached hydrogen (secondary N) is 1. The van der Waals surface area contributed by atoms with Crippen molar-refractivity contribution in [1.82, 2.24) is 25.0 Å². The van der Waals surface area contributed by atoms with Crippen LogP contribution in [0.3, 0.4) is 0 Å². The fraction of sp³-hybridized carbons (Fsp3) is 0.375. The number of hydrogen-bond acceptors (Lipinski definition) is 5. The molecule has 1 aliphatic rings. The maximum Gasteiger partial charge on any atom is 0.466 e. The van der Waals surface area contributed by atoms with Crippen molar-refractivity contribution in [2.24, 2.45) is 0 Å². The number of carbonyl (C=O) groups is 1. The van der Waals surface area contributed by atoms with Crippen molar-refractivity contribution in [1.29, 1.82) is 0 Å². The number of amides is 1. The number of carbonyl (C=O) groups excluding carboxylic acids is 1. The molecule has 1 aliphatic heterocycles. The van der Waals surface area contributed by atoms with Crippen LogP contribution in [0.5, 0.6) is 0 Å². The van der Waals surface area contributed by atoms with E-state index >= 15 is 0 Å². The number of phosphoric acid groups is 1. The second-order valence-electron chi connectivity index (χ2n) is 9.18. The third kappa shape index (κ3) is 9.36. The summed E-state index contributed by atoms with van der Waals surface area (Å²) in [6.45, 7) is 1.56. The van der Waals surface area contributed by atoms with Crippen LogP contribution in [0.1, 0.15) is 42.2 Å². The summed E-state index contributed by atoms with van der Waals surface area (Å²) in [5.41, 5.74) is 0.791. The van der Waals surface area contributed by atoms with Gasteiger partial charge in [0.15, 0.2) is 17.5 Å². The van der Waals surface area contributed by atoms with Crippen LogP contribution in [0.4, 0.5) is 26.3 Å². The van der Waals surface area contributed by atoms with Crippen molar-refractivity contribution < 1.29 is 50.4 Å². The van der Waals surface area contributed by atoms with Gasteiger partial charge >= 0.3 is 14.0 Å². The van der Waals surface area contributed by atoms with E-state index in [0.717, 1.165) is 16.2 Å². The van der Waals surface area contributed by atoms with E-state index in [1.165, 1.54) is 4.90 Å². The lowest BCUT2D eigenvalue weighted by molar-refractivity contribution is -0.148. The Morgan fingerprint density at radius 2 is 1.63 bits per heavy atom. The molecule has 0 saturated heterocycles. The molecule has 224 valence electrons. The highest BCUT2D eigenvalue weighted by Gasteiger charge is 2.40. The Bertz CT molecular complexity index is 1390. The van der Waals surface area contributed by atoms with Gasteiger partial charge in [-0.15, -0.1) is 10.2 Å². The topological polar surface area (TPSA) is 141 Å². The van der Waals surface area contributed by atoms with Crippen molar-refractivity contribution in [2.45, 2.75) is 51.1 Å². The van der Waals surface area contributed by atoms with Gasteiger partial charge in [-0.3, -0.25) is 4.79 Å². The third-order valence-electron chi connectivity index (χ3n) is 6.12. The van der Waals surface area contributed by atoms with E-state index < -0.39 is 49.2 Å². The number of hydrogen-bond donors (Lipinski definition) is 4. The zero-order valence-electron chi connectivity index (χ0n) is 21.4. The van der Waals surface area contributed by atoms with E-state index in [0.29, 0.717) is 6.07 Å². The SMILES string of the molecule is C[C@@H](N[C@@H](CC(=O)N1CCn2c(nnc2C(F)(F)F)C1)Cc1cc(F)c(F)cc1F)c1ccccc1.O=P(O)(O)O. The molecule has 2 aromatic carbocycles. The molecule has 10 nitrogen and oxygen atoms in total. The van der Waals surface area contributed by atoms with Crippen LogP contribution >= 0.6 is 7.82 Å². The van der Waals surface area contributed by atoms with Gasteiger partial charge in [-0.1, -0.05) is 30.3 Å². The summed E-state index contributed by atoms with van der Waals surface area (Å²) in [6.07, 6.45) is -4.93. The van der Waals surface area contributed by atoms with Crippen LogP contribution < -0.4 is 5.32 Å². The molecule has 2 heterocycles. The monoisotopic (exact) mass is 609 g/mol. The highest BCUT2D eigenvalue weighted by atomic mass is 31.2. The Morgan fingerprint density at radius 3 is 2.24 bits per heavy atom. The van der Waals surface area contributed by atoms with Crippen molar-refractivity contribution in [3.8, 4) is 0 Å². The average Bonchev–Trinajstić information content (AvgIpc) is 3.31. The van der Waals surface area contributed by atoms with Crippen LogP contribution in [-0.4, -0.2) is 52.8 Å². The molecule has 0 fully saturated rings. The van der Waals surface area contributed by atoms with Gasteiger partial charge in [-0.25, -0.2) is 17.7 Å². The summed E-state index contributed by atoms with van der Waals surface area (Å²) in [7, 11) is -4.64. The summed E-state index contributed by atoms with van der Waals surface area (Å²) < 4.78 is 90.7. The first-order chi connectivity index (χ1) is 19.0. The molecular weight excluding hydrogens is 583 g/mol. The van der Waals surface area contributed by atoms with Gasteiger partial charge in [0.25, 0.3) is 0 Å². The van der Waals surface area contributed by atoms with Gasteiger partial charge in [-0.2, -0.15) is 13.2 Å². The Balaban J connectivity index is 0.000000850. The Kier molecular flexibility index (Phi) is 10.3. The molecule has 0 aliphatic carbocycles.